The van der Waals surface area contributed by atoms with Gasteiger partial charge in [0, 0.05) is 12.5 Å². The molecule has 0 bridgehead atoms. The van der Waals surface area contributed by atoms with Crippen LogP contribution in [-0.4, -0.2) is 35.1 Å². The second kappa shape index (κ2) is 6.67. The number of hydrogen-bond donors (Lipinski definition) is 1. The van der Waals surface area contributed by atoms with Crippen LogP contribution in [0.4, 0.5) is 4.39 Å². The van der Waals surface area contributed by atoms with Crippen molar-refractivity contribution in [1.82, 2.24) is 9.88 Å². The lowest BCUT2D eigenvalue weighted by molar-refractivity contribution is 0.0912. The molecule has 0 fully saturated rings. The van der Waals surface area contributed by atoms with E-state index in [1.165, 1.54) is 12.1 Å². The molecule has 0 aliphatic rings. The molecule has 1 heterocycles. The summed E-state index contributed by atoms with van der Waals surface area (Å²) in [5.74, 6) is -0.304. The zero-order valence-electron chi connectivity index (χ0n) is 10.7. The number of pyridine rings is 1. The Kier molecular flexibility index (Phi) is 5.51. The number of hydrogen-bond acceptors (Lipinski definition) is 3. The molecule has 17 heavy (non-hydrogen) atoms. The molecule has 0 aliphatic carbocycles. The van der Waals surface area contributed by atoms with E-state index in [4.69, 9.17) is 0 Å². The average Bonchev–Trinajstić information content (AvgIpc) is 2.29. The largest absolute Gasteiger partial charge is 0.386 e. The van der Waals surface area contributed by atoms with Crippen molar-refractivity contribution in [2.24, 2.45) is 5.92 Å². The third kappa shape index (κ3) is 4.40. The van der Waals surface area contributed by atoms with Crippen molar-refractivity contribution in [2.75, 3.05) is 20.1 Å². The normalized spacial score (nSPS) is 14.9. The van der Waals surface area contributed by atoms with Crippen LogP contribution in [0.15, 0.2) is 18.3 Å². The Bertz CT molecular complexity index is 329. The predicted octanol–water partition coefficient (Wildman–Crippen LogP) is 2.23. The van der Waals surface area contributed by atoms with Crippen molar-refractivity contribution in [1.29, 1.82) is 0 Å². The number of aliphatic hydroxyl groups excluding tert-OH is 1. The quantitative estimate of drug-likeness (QED) is 0.828. The van der Waals surface area contributed by atoms with Crippen LogP contribution in [0.25, 0.3) is 0 Å². The van der Waals surface area contributed by atoms with Gasteiger partial charge in [0.1, 0.15) is 5.82 Å². The SMILES string of the molecule is CCCN(C)CC(C)C(O)c1ccc(F)cn1. The van der Waals surface area contributed by atoms with Gasteiger partial charge in [0.05, 0.1) is 18.0 Å². The van der Waals surface area contributed by atoms with Gasteiger partial charge in [-0.15, -0.1) is 0 Å². The summed E-state index contributed by atoms with van der Waals surface area (Å²) in [6, 6.07) is 2.87. The lowest BCUT2D eigenvalue weighted by Gasteiger charge is -2.24. The topological polar surface area (TPSA) is 36.4 Å². The number of aliphatic hydroxyl groups is 1. The first-order valence-corrected chi connectivity index (χ1v) is 6.02. The molecule has 0 saturated heterocycles. The molecule has 0 aliphatic heterocycles. The van der Waals surface area contributed by atoms with E-state index in [-0.39, 0.29) is 11.7 Å². The first kappa shape index (κ1) is 14.1. The van der Waals surface area contributed by atoms with Crippen LogP contribution in [0.3, 0.4) is 0 Å². The van der Waals surface area contributed by atoms with E-state index < -0.39 is 6.10 Å². The molecule has 0 amide bonds. The fourth-order valence-electron chi connectivity index (χ4n) is 1.92. The maximum atomic E-state index is 12.7. The summed E-state index contributed by atoms with van der Waals surface area (Å²) in [7, 11) is 2.03. The van der Waals surface area contributed by atoms with Crippen LogP contribution < -0.4 is 0 Å². The first-order valence-electron chi connectivity index (χ1n) is 6.02. The summed E-state index contributed by atoms with van der Waals surface area (Å²) in [6.45, 7) is 5.91. The van der Waals surface area contributed by atoms with E-state index >= 15 is 0 Å². The highest BCUT2D eigenvalue weighted by atomic mass is 19.1. The Morgan fingerprint density at radius 1 is 1.47 bits per heavy atom. The minimum Gasteiger partial charge on any atom is -0.386 e. The lowest BCUT2D eigenvalue weighted by Crippen LogP contribution is -2.28. The van der Waals surface area contributed by atoms with E-state index in [0.717, 1.165) is 25.7 Å². The molecule has 1 aromatic rings. The van der Waals surface area contributed by atoms with Crippen molar-refractivity contribution >= 4 is 0 Å². The highest BCUT2D eigenvalue weighted by Crippen LogP contribution is 2.20. The third-order valence-corrected chi connectivity index (χ3v) is 2.80. The molecule has 3 nitrogen and oxygen atoms in total. The summed E-state index contributed by atoms with van der Waals surface area (Å²) in [5, 5.41) is 10.1. The highest BCUT2D eigenvalue weighted by Gasteiger charge is 2.18. The molecule has 0 aromatic carbocycles. The molecule has 1 aromatic heterocycles. The Balaban J connectivity index is 2.56. The van der Waals surface area contributed by atoms with Gasteiger partial charge in [-0.1, -0.05) is 13.8 Å². The fraction of sp³-hybridized carbons (Fsp3) is 0.615. The van der Waals surface area contributed by atoms with Gasteiger partial charge in [-0.05, 0) is 32.1 Å². The van der Waals surface area contributed by atoms with Gasteiger partial charge in [-0.3, -0.25) is 4.98 Å². The van der Waals surface area contributed by atoms with Crippen LogP contribution in [-0.2, 0) is 0 Å². The van der Waals surface area contributed by atoms with Crippen LogP contribution in [0.2, 0.25) is 0 Å². The fourth-order valence-corrected chi connectivity index (χ4v) is 1.92. The van der Waals surface area contributed by atoms with Crippen LogP contribution in [0.1, 0.15) is 32.1 Å². The average molecular weight is 240 g/mol. The molecule has 2 atom stereocenters. The minimum atomic E-state index is -0.644. The Morgan fingerprint density at radius 3 is 2.71 bits per heavy atom. The van der Waals surface area contributed by atoms with Crippen molar-refractivity contribution in [3.63, 3.8) is 0 Å². The lowest BCUT2D eigenvalue weighted by atomic mass is 10.0. The standard InChI is InChI=1S/C13H21FN2O/c1-4-7-16(3)9-10(2)13(17)12-6-5-11(14)8-15-12/h5-6,8,10,13,17H,4,7,9H2,1-3H3. The van der Waals surface area contributed by atoms with Gasteiger partial charge in [0.2, 0.25) is 0 Å². The number of aromatic nitrogens is 1. The second-order valence-corrected chi connectivity index (χ2v) is 4.59. The van der Waals surface area contributed by atoms with Crippen molar-refractivity contribution < 1.29 is 9.50 Å². The second-order valence-electron chi connectivity index (χ2n) is 4.59. The Morgan fingerprint density at radius 2 is 2.18 bits per heavy atom. The van der Waals surface area contributed by atoms with Gasteiger partial charge >= 0.3 is 0 Å². The van der Waals surface area contributed by atoms with Gasteiger partial charge in [-0.25, -0.2) is 4.39 Å². The molecule has 0 spiro atoms. The molecule has 4 heteroatoms. The molecule has 1 rings (SSSR count). The Hall–Kier alpha value is -1.00. The van der Waals surface area contributed by atoms with Gasteiger partial charge in [0.15, 0.2) is 0 Å². The predicted molar refractivity (Wildman–Crippen MR) is 66.1 cm³/mol. The Labute approximate surface area is 102 Å². The summed E-state index contributed by atoms with van der Waals surface area (Å²) >= 11 is 0. The summed E-state index contributed by atoms with van der Waals surface area (Å²) < 4.78 is 12.7. The third-order valence-electron chi connectivity index (χ3n) is 2.80. The van der Waals surface area contributed by atoms with E-state index in [1.54, 1.807) is 0 Å². The summed E-state index contributed by atoms with van der Waals surface area (Å²) in [5.41, 5.74) is 0.531. The number of rotatable bonds is 6. The molecule has 1 N–H and O–H groups in total. The molecule has 0 saturated carbocycles. The summed E-state index contributed by atoms with van der Waals surface area (Å²) in [6.07, 6.45) is 1.59. The van der Waals surface area contributed by atoms with Gasteiger partial charge in [-0.2, -0.15) is 0 Å². The van der Waals surface area contributed by atoms with Crippen LogP contribution in [0, 0.1) is 11.7 Å². The molecule has 96 valence electrons. The van der Waals surface area contributed by atoms with E-state index in [1.807, 2.05) is 14.0 Å². The first-order chi connectivity index (χ1) is 8.04. The number of nitrogens with zero attached hydrogens (tertiary/aromatic N) is 2. The minimum absolute atomic E-state index is 0.0736. The van der Waals surface area contributed by atoms with Crippen molar-refractivity contribution in [2.45, 2.75) is 26.4 Å². The number of halogens is 1. The van der Waals surface area contributed by atoms with Crippen LogP contribution >= 0.6 is 0 Å². The zero-order chi connectivity index (χ0) is 12.8. The molecule has 0 radical (unpaired) electrons. The van der Waals surface area contributed by atoms with Crippen LogP contribution in [0.5, 0.6) is 0 Å². The molecule has 2 unspecified atom stereocenters. The summed E-state index contributed by atoms with van der Waals surface area (Å²) in [4.78, 5) is 6.09. The van der Waals surface area contributed by atoms with E-state index in [2.05, 4.69) is 16.8 Å². The van der Waals surface area contributed by atoms with E-state index in [0.29, 0.717) is 5.69 Å². The van der Waals surface area contributed by atoms with Crippen molar-refractivity contribution in [3.8, 4) is 0 Å². The van der Waals surface area contributed by atoms with Gasteiger partial charge in [0.25, 0.3) is 0 Å². The molecular weight excluding hydrogens is 219 g/mol. The highest BCUT2D eigenvalue weighted by molar-refractivity contribution is 5.08. The molecular formula is C13H21FN2O. The maximum absolute atomic E-state index is 12.7. The van der Waals surface area contributed by atoms with E-state index in [9.17, 15) is 9.50 Å². The monoisotopic (exact) mass is 240 g/mol. The smallest absolute Gasteiger partial charge is 0.141 e. The maximum Gasteiger partial charge on any atom is 0.141 e. The zero-order valence-corrected chi connectivity index (χ0v) is 10.7. The van der Waals surface area contributed by atoms with Crippen molar-refractivity contribution in [3.05, 3.63) is 29.8 Å². The van der Waals surface area contributed by atoms with Gasteiger partial charge < -0.3 is 10.0 Å².